The van der Waals surface area contributed by atoms with Crippen molar-refractivity contribution in [2.75, 3.05) is 6.16 Å². The molecule has 1 atom stereocenters. The van der Waals surface area contributed by atoms with Gasteiger partial charge in [0.15, 0.2) is 0 Å². The lowest BCUT2D eigenvalue weighted by atomic mass is 10.3. The van der Waals surface area contributed by atoms with Crippen LogP contribution in [0.15, 0.2) is 11.6 Å². The number of carboxylic acids is 1. The second-order valence-corrected chi connectivity index (χ2v) is 1.73. The Bertz CT molecular complexity index is 118. The van der Waals surface area contributed by atoms with E-state index in [-0.39, 0.29) is 0 Å². The lowest BCUT2D eigenvalue weighted by molar-refractivity contribution is -0.132. The molecule has 3 heteroatoms. The highest BCUT2D eigenvalue weighted by Gasteiger charge is 1.99. The zero-order valence-electron chi connectivity index (χ0n) is 4.72. The van der Waals surface area contributed by atoms with Crippen molar-refractivity contribution in [1.29, 1.82) is 0 Å². The van der Waals surface area contributed by atoms with Crippen molar-refractivity contribution in [2.24, 2.45) is 0 Å². The molecule has 0 saturated carbocycles. The summed E-state index contributed by atoms with van der Waals surface area (Å²) in [5.74, 6) is -0.831. The van der Waals surface area contributed by atoms with Crippen LogP contribution in [0.5, 0.6) is 0 Å². The molecule has 2 nitrogen and oxygen atoms in total. The topological polar surface area (TPSA) is 37.3 Å². The predicted octanol–water partition coefficient (Wildman–Crippen LogP) is 0.892. The Balaban J connectivity index is 3.92. The van der Waals surface area contributed by atoms with Crippen molar-refractivity contribution in [3.63, 3.8) is 0 Å². The van der Waals surface area contributed by atoms with Crippen molar-refractivity contribution in [2.45, 2.75) is 6.92 Å². The fraction of sp³-hybridized carbons (Fsp3) is 0.400. The lowest BCUT2D eigenvalue weighted by Gasteiger charge is -1.91. The van der Waals surface area contributed by atoms with Crippen LogP contribution in [0.25, 0.3) is 0 Å². The number of aliphatic carboxylic acids is 1. The molecule has 0 aliphatic carbocycles. The summed E-state index contributed by atoms with van der Waals surface area (Å²) in [5.41, 5.74) is 0.440. The fourth-order valence-electron chi connectivity index (χ4n) is 0.329. The van der Waals surface area contributed by atoms with E-state index in [1.165, 1.54) is 0 Å². The summed E-state index contributed by atoms with van der Waals surface area (Å²) in [4.78, 5) is 10.1. The standard InChI is InChI=1S/C5H9O2P/c1-2-4(3-8)5(6)7/h2H,3,8H2,1H3,(H,6,7). The monoisotopic (exact) mass is 132 g/mol. The normalized spacial score (nSPS) is 11.5. The quantitative estimate of drug-likeness (QED) is 0.447. The molecule has 0 aromatic carbocycles. The van der Waals surface area contributed by atoms with Crippen LogP contribution in [-0.2, 0) is 4.79 Å². The molecule has 0 amide bonds. The molecule has 0 aliphatic heterocycles. The molecule has 0 aliphatic rings. The number of hydrogen-bond acceptors (Lipinski definition) is 1. The minimum absolute atomic E-state index is 0.440. The SMILES string of the molecule is CC=C(CP)C(=O)O. The molecular formula is C5H9O2P. The second-order valence-electron chi connectivity index (χ2n) is 1.32. The maximum absolute atomic E-state index is 10.1. The fourth-order valence-corrected chi connectivity index (χ4v) is 0.739. The van der Waals surface area contributed by atoms with Crippen LogP contribution in [0.4, 0.5) is 0 Å². The molecule has 0 spiro atoms. The van der Waals surface area contributed by atoms with Gasteiger partial charge in [0.1, 0.15) is 0 Å². The maximum atomic E-state index is 10.1. The molecule has 0 saturated heterocycles. The minimum atomic E-state index is -0.831. The first-order valence-corrected chi connectivity index (χ1v) is 3.12. The van der Waals surface area contributed by atoms with Crippen LogP contribution in [0.1, 0.15) is 6.92 Å². The van der Waals surface area contributed by atoms with Gasteiger partial charge < -0.3 is 5.11 Å². The van der Waals surface area contributed by atoms with Gasteiger partial charge in [0.25, 0.3) is 0 Å². The van der Waals surface area contributed by atoms with Gasteiger partial charge in [-0.25, -0.2) is 4.79 Å². The summed E-state index contributed by atoms with van der Waals surface area (Å²) in [6.07, 6.45) is 2.11. The average Bonchev–Trinajstić information content (AvgIpc) is 1.69. The summed E-state index contributed by atoms with van der Waals surface area (Å²) < 4.78 is 0. The van der Waals surface area contributed by atoms with Gasteiger partial charge in [0.05, 0.1) is 0 Å². The van der Waals surface area contributed by atoms with E-state index in [0.717, 1.165) is 0 Å². The smallest absolute Gasteiger partial charge is 0.331 e. The first kappa shape index (κ1) is 7.64. The average molecular weight is 132 g/mol. The highest BCUT2D eigenvalue weighted by molar-refractivity contribution is 7.17. The van der Waals surface area contributed by atoms with Crippen LogP contribution in [0.3, 0.4) is 0 Å². The summed E-state index contributed by atoms with van der Waals surface area (Å²) in [6, 6.07) is 0. The Morgan fingerprint density at radius 2 is 2.38 bits per heavy atom. The van der Waals surface area contributed by atoms with Crippen LogP contribution < -0.4 is 0 Å². The third-order valence-corrected chi connectivity index (χ3v) is 1.28. The van der Waals surface area contributed by atoms with Crippen LogP contribution in [-0.4, -0.2) is 17.2 Å². The van der Waals surface area contributed by atoms with Crippen molar-refractivity contribution >= 4 is 15.2 Å². The molecule has 46 valence electrons. The third-order valence-electron chi connectivity index (χ3n) is 0.843. The Morgan fingerprint density at radius 3 is 2.38 bits per heavy atom. The van der Waals surface area contributed by atoms with Crippen LogP contribution in [0, 0.1) is 0 Å². The van der Waals surface area contributed by atoms with Crippen LogP contribution >= 0.6 is 9.24 Å². The molecule has 0 heterocycles. The summed E-state index contributed by atoms with van der Waals surface area (Å²) in [7, 11) is 2.36. The van der Waals surface area contributed by atoms with E-state index < -0.39 is 5.97 Å². The van der Waals surface area contributed by atoms with Gasteiger partial charge in [0, 0.05) is 5.57 Å². The highest BCUT2D eigenvalue weighted by Crippen LogP contribution is 1.97. The summed E-state index contributed by atoms with van der Waals surface area (Å²) in [6.45, 7) is 1.72. The minimum Gasteiger partial charge on any atom is -0.478 e. The molecule has 1 N–H and O–H groups in total. The van der Waals surface area contributed by atoms with Crippen molar-refractivity contribution in [3.05, 3.63) is 11.6 Å². The number of hydrogen-bond donors (Lipinski definition) is 1. The van der Waals surface area contributed by atoms with E-state index >= 15 is 0 Å². The molecule has 1 unspecified atom stereocenters. The molecule has 0 fully saturated rings. The largest absolute Gasteiger partial charge is 0.478 e. The summed E-state index contributed by atoms with van der Waals surface area (Å²) in [5, 5.41) is 8.29. The Hall–Kier alpha value is -0.360. The molecule has 0 aromatic heterocycles. The zero-order chi connectivity index (χ0) is 6.57. The van der Waals surface area contributed by atoms with Crippen molar-refractivity contribution in [3.8, 4) is 0 Å². The van der Waals surface area contributed by atoms with Crippen molar-refractivity contribution in [1.82, 2.24) is 0 Å². The van der Waals surface area contributed by atoms with E-state index in [0.29, 0.717) is 11.7 Å². The molecule has 0 radical (unpaired) electrons. The Labute approximate surface area is 50.8 Å². The highest BCUT2D eigenvalue weighted by atomic mass is 31.0. The molecule has 0 bridgehead atoms. The van der Waals surface area contributed by atoms with E-state index in [2.05, 4.69) is 9.24 Å². The van der Waals surface area contributed by atoms with E-state index in [1.807, 2.05) is 0 Å². The first-order valence-electron chi connectivity index (χ1n) is 2.31. The molecule has 8 heavy (non-hydrogen) atoms. The third kappa shape index (κ3) is 2.08. The second kappa shape index (κ2) is 3.62. The summed E-state index contributed by atoms with van der Waals surface area (Å²) >= 11 is 0. The van der Waals surface area contributed by atoms with Gasteiger partial charge in [-0.05, 0) is 13.1 Å². The zero-order valence-corrected chi connectivity index (χ0v) is 5.87. The van der Waals surface area contributed by atoms with E-state index in [4.69, 9.17) is 5.11 Å². The molecule has 0 rings (SSSR count). The Morgan fingerprint density at radius 1 is 1.88 bits per heavy atom. The van der Waals surface area contributed by atoms with Gasteiger partial charge in [-0.15, -0.1) is 9.24 Å². The van der Waals surface area contributed by atoms with Gasteiger partial charge in [-0.2, -0.15) is 0 Å². The van der Waals surface area contributed by atoms with Gasteiger partial charge >= 0.3 is 5.97 Å². The lowest BCUT2D eigenvalue weighted by Crippen LogP contribution is -2.00. The molecular weight excluding hydrogens is 123 g/mol. The van der Waals surface area contributed by atoms with E-state index in [1.54, 1.807) is 13.0 Å². The Kier molecular flexibility index (Phi) is 3.46. The van der Waals surface area contributed by atoms with Gasteiger partial charge in [-0.1, -0.05) is 6.08 Å². The first-order chi connectivity index (χ1) is 3.72. The van der Waals surface area contributed by atoms with E-state index in [9.17, 15) is 4.79 Å². The molecule has 0 aromatic rings. The number of rotatable bonds is 2. The van der Waals surface area contributed by atoms with Crippen molar-refractivity contribution < 1.29 is 9.90 Å². The predicted molar refractivity (Wildman–Crippen MR) is 36.0 cm³/mol. The van der Waals surface area contributed by atoms with Crippen LogP contribution in [0.2, 0.25) is 0 Å². The number of carbonyl (C=O) groups is 1. The van der Waals surface area contributed by atoms with Gasteiger partial charge in [-0.3, -0.25) is 0 Å². The maximum Gasteiger partial charge on any atom is 0.331 e. The number of allylic oxidation sites excluding steroid dienone is 1. The van der Waals surface area contributed by atoms with Gasteiger partial charge in [0.2, 0.25) is 0 Å². The number of carboxylic acid groups (broad SMARTS) is 1.